The molecule has 5 nitrogen and oxygen atoms in total. The van der Waals surface area contributed by atoms with Crippen molar-refractivity contribution in [2.45, 2.75) is 12.5 Å². The Morgan fingerprint density at radius 3 is 2.64 bits per heavy atom. The van der Waals surface area contributed by atoms with Gasteiger partial charge in [0.25, 0.3) is 5.91 Å². The first-order chi connectivity index (χ1) is 13.7. The maximum Gasteiger partial charge on any atom is 0.259 e. The number of nitrogens with one attached hydrogen (secondary N) is 1. The molecule has 0 spiro atoms. The molecule has 4 rings (SSSR count). The molecule has 0 aliphatic carbocycles. The fourth-order valence-electron chi connectivity index (χ4n) is 3.25. The van der Waals surface area contributed by atoms with Gasteiger partial charge in [-0.05, 0) is 55.0 Å². The lowest BCUT2D eigenvalue weighted by Crippen LogP contribution is -2.31. The average Bonchev–Trinajstić information content (AvgIpc) is 3.19. The second kappa shape index (κ2) is 8.44. The van der Waals surface area contributed by atoms with Crippen LogP contribution in [0, 0.1) is 0 Å². The minimum absolute atomic E-state index is 0.0578. The van der Waals surface area contributed by atoms with Crippen molar-refractivity contribution in [3.63, 3.8) is 0 Å². The highest BCUT2D eigenvalue weighted by Gasteiger charge is 2.29. The fraction of sp³-hybridized carbons (Fsp3) is 0.182. The van der Waals surface area contributed by atoms with Crippen molar-refractivity contribution in [2.75, 3.05) is 18.4 Å². The van der Waals surface area contributed by atoms with Crippen LogP contribution in [0.5, 0.6) is 11.6 Å². The molecule has 1 aliphatic heterocycles. The van der Waals surface area contributed by atoms with Gasteiger partial charge in [0.1, 0.15) is 11.3 Å². The van der Waals surface area contributed by atoms with Crippen LogP contribution in [0.2, 0.25) is 0 Å². The van der Waals surface area contributed by atoms with Crippen molar-refractivity contribution < 1.29 is 9.53 Å². The van der Waals surface area contributed by atoms with Gasteiger partial charge in [0, 0.05) is 35.5 Å². The van der Waals surface area contributed by atoms with Crippen LogP contribution >= 0.6 is 15.9 Å². The number of likely N-dealkylation sites (tertiary alicyclic amines) is 1. The molecule has 3 aromatic rings. The summed E-state index contributed by atoms with van der Waals surface area (Å²) in [5.74, 6) is 0.910. The molecule has 1 aromatic heterocycles. The zero-order chi connectivity index (χ0) is 19.3. The highest BCUT2D eigenvalue weighted by molar-refractivity contribution is 9.10. The first-order valence-electron chi connectivity index (χ1n) is 9.18. The summed E-state index contributed by atoms with van der Waals surface area (Å²) in [6, 6.07) is 21.3. The lowest BCUT2D eigenvalue weighted by Gasteiger charge is -2.19. The Labute approximate surface area is 172 Å². The maximum atomic E-state index is 13.1. The highest BCUT2D eigenvalue weighted by Crippen LogP contribution is 2.26. The zero-order valence-electron chi connectivity index (χ0n) is 15.2. The van der Waals surface area contributed by atoms with Crippen molar-refractivity contribution in [1.29, 1.82) is 0 Å². The predicted molar refractivity (Wildman–Crippen MR) is 113 cm³/mol. The number of carbonyl (C=O) groups excluding carboxylic acids is 1. The van der Waals surface area contributed by atoms with Gasteiger partial charge in [-0.25, -0.2) is 4.98 Å². The van der Waals surface area contributed by atoms with Crippen LogP contribution in [-0.2, 0) is 0 Å². The summed E-state index contributed by atoms with van der Waals surface area (Å²) in [7, 11) is 0. The van der Waals surface area contributed by atoms with Crippen molar-refractivity contribution in [3.8, 4) is 11.6 Å². The number of para-hydroxylation sites is 1. The number of ether oxygens (including phenoxy) is 1. The monoisotopic (exact) mass is 437 g/mol. The highest BCUT2D eigenvalue weighted by atomic mass is 79.9. The van der Waals surface area contributed by atoms with E-state index in [1.54, 1.807) is 18.3 Å². The number of pyridine rings is 1. The molecular formula is C22H20BrN3O2. The molecule has 0 radical (unpaired) electrons. The van der Waals surface area contributed by atoms with Crippen LogP contribution in [0.1, 0.15) is 16.8 Å². The van der Waals surface area contributed by atoms with E-state index in [1.165, 1.54) is 0 Å². The van der Waals surface area contributed by atoms with Crippen LogP contribution in [0.25, 0.3) is 0 Å². The third kappa shape index (κ3) is 4.34. The van der Waals surface area contributed by atoms with E-state index in [0.29, 0.717) is 30.3 Å². The topological polar surface area (TPSA) is 54.5 Å². The fourth-order valence-corrected chi connectivity index (χ4v) is 3.52. The van der Waals surface area contributed by atoms with Crippen molar-refractivity contribution in [3.05, 3.63) is 83.0 Å². The average molecular weight is 438 g/mol. The van der Waals surface area contributed by atoms with Crippen molar-refractivity contribution in [1.82, 2.24) is 9.88 Å². The minimum atomic E-state index is -0.0578. The molecule has 2 aromatic carbocycles. The molecule has 1 amide bonds. The van der Waals surface area contributed by atoms with E-state index < -0.39 is 0 Å². The Bertz CT molecular complexity index is 948. The van der Waals surface area contributed by atoms with E-state index in [2.05, 4.69) is 26.2 Å². The lowest BCUT2D eigenvalue weighted by atomic mass is 10.2. The van der Waals surface area contributed by atoms with Crippen molar-refractivity contribution in [2.24, 2.45) is 0 Å². The quantitative estimate of drug-likeness (QED) is 0.612. The minimum Gasteiger partial charge on any atom is -0.438 e. The molecule has 1 N–H and O–H groups in total. The van der Waals surface area contributed by atoms with Crippen LogP contribution in [-0.4, -0.2) is 34.9 Å². The van der Waals surface area contributed by atoms with Gasteiger partial charge in [-0.2, -0.15) is 0 Å². The van der Waals surface area contributed by atoms with Gasteiger partial charge < -0.3 is 15.0 Å². The number of rotatable bonds is 5. The number of aromatic nitrogens is 1. The first-order valence-corrected chi connectivity index (χ1v) is 9.97. The molecule has 1 fully saturated rings. The van der Waals surface area contributed by atoms with Crippen LogP contribution in [0.4, 0.5) is 5.69 Å². The molecule has 28 heavy (non-hydrogen) atoms. The number of hydrogen-bond donors (Lipinski definition) is 1. The third-order valence-electron chi connectivity index (χ3n) is 4.65. The van der Waals surface area contributed by atoms with Gasteiger partial charge in [-0.15, -0.1) is 0 Å². The number of halogens is 1. The number of carbonyl (C=O) groups is 1. The number of anilines is 1. The lowest BCUT2D eigenvalue weighted by molar-refractivity contribution is 0.0788. The molecular weight excluding hydrogens is 418 g/mol. The van der Waals surface area contributed by atoms with E-state index in [-0.39, 0.29) is 11.9 Å². The van der Waals surface area contributed by atoms with E-state index >= 15 is 0 Å². The Hall–Kier alpha value is -2.86. The third-order valence-corrected chi connectivity index (χ3v) is 5.18. The largest absolute Gasteiger partial charge is 0.438 e. The molecule has 2 heterocycles. The van der Waals surface area contributed by atoms with Crippen LogP contribution in [0.15, 0.2) is 77.4 Å². The van der Waals surface area contributed by atoms with Crippen LogP contribution in [0.3, 0.4) is 0 Å². The summed E-state index contributed by atoms with van der Waals surface area (Å²) >= 11 is 3.40. The van der Waals surface area contributed by atoms with E-state index in [9.17, 15) is 4.79 Å². The number of amides is 1. The summed E-state index contributed by atoms with van der Waals surface area (Å²) in [6.07, 6.45) is 2.54. The van der Waals surface area contributed by atoms with Gasteiger partial charge >= 0.3 is 0 Å². The van der Waals surface area contributed by atoms with Crippen molar-refractivity contribution >= 4 is 27.5 Å². The Balaban J connectivity index is 1.45. The number of benzene rings is 2. The predicted octanol–water partition coefficient (Wildman–Crippen LogP) is 4.96. The Morgan fingerprint density at radius 2 is 1.86 bits per heavy atom. The molecule has 1 aliphatic rings. The summed E-state index contributed by atoms with van der Waals surface area (Å²) in [4.78, 5) is 19.2. The van der Waals surface area contributed by atoms with Gasteiger partial charge in [-0.1, -0.05) is 34.1 Å². The maximum absolute atomic E-state index is 13.1. The standard InChI is InChI=1S/C22H20BrN3O2/c23-16-8-10-19(11-9-16)28-21-20(7-4-13-24-21)22(27)26-14-12-18(15-26)25-17-5-2-1-3-6-17/h1-11,13,18,25H,12,14-15H2. The van der Waals surface area contributed by atoms with Gasteiger partial charge in [-0.3, -0.25) is 4.79 Å². The molecule has 6 heteroatoms. The second-order valence-electron chi connectivity index (χ2n) is 6.66. The summed E-state index contributed by atoms with van der Waals surface area (Å²) in [6.45, 7) is 1.36. The summed E-state index contributed by atoms with van der Waals surface area (Å²) in [5.41, 5.74) is 1.55. The van der Waals surface area contributed by atoms with Gasteiger partial charge in [0.2, 0.25) is 5.88 Å². The SMILES string of the molecule is O=C(c1cccnc1Oc1ccc(Br)cc1)N1CCC(Nc2ccccc2)C1. The molecule has 1 unspecified atom stereocenters. The smallest absolute Gasteiger partial charge is 0.259 e. The normalized spacial score (nSPS) is 16.0. The van der Waals surface area contributed by atoms with E-state index in [4.69, 9.17) is 4.74 Å². The first kappa shape index (κ1) is 18.5. The van der Waals surface area contributed by atoms with Crippen LogP contribution < -0.4 is 10.1 Å². The van der Waals surface area contributed by atoms with E-state index in [1.807, 2.05) is 59.5 Å². The molecule has 1 saturated heterocycles. The van der Waals surface area contributed by atoms with E-state index in [0.717, 1.165) is 16.6 Å². The van der Waals surface area contributed by atoms with Gasteiger partial charge in [0.15, 0.2) is 0 Å². The molecule has 0 bridgehead atoms. The zero-order valence-corrected chi connectivity index (χ0v) is 16.8. The second-order valence-corrected chi connectivity index (χ2v) is 7.57. The van der Waals surface area contributed by atoms with Gasteiger partial charge in [0.05, 0.1) is 0 Å². The Morgan fingerprint density at radius 1 is 1.07 bits per heavy atom. The number of nitrogens with zero attached hydrogens (tertiary/aromatic N) is 2. The number of hydrogen-bond acceptors (Lipinski definition) is 4. The Kier molecular flexibility index (Phi) is 5.58. The summed E-state index contributed by atoms with van der Waals surface area (Å²) < 4.78 is 6.84. The molecule has 142 valence electrons. The molecule has 0 saturated carbocycles. The summed E-state index contributed by atoms with van der Waals surface area (Å²) in [5, 5.41) is 3.49. The molecule has 1 atom stereocenters.